The number of carbonyl (C=O) groups excluding carboxylic acids is 2. The molecule has 0 aromatic heterocycles. The normalized spacial score (nSPS) is 14.1. The molecule has 1 aliphatic heterocycles. The number of nitrogens with zero attached hydrogens (tertiary/aromatic N) is 3. The van der Waals surface area contributed by atoms with Crippen LogP contribution in [0.4, 0.5) is 15.8 Å². The van der Waals surface area contributed by atoms with Gasteiger partial charge in [0, 0.05) is 45.0 Å². The number of rotatable bonds is 5. The molecule has 0 atom stereocenters. The first-order valence-corrected chi connectivity index (χ1v) is 9.38. The number of para-hydroxylation sites is 1. The van der Waals surface area contributed by atoms with Gasteiger partial charge in [-0.05, 0) is 36.4 Å². The van der Waals surface area contributed by atoms with Crippen LogP contribution in [0, 0.1) is 17.1 Å². The third-order valence-electron chi connectivity index (χ3n) is 4.78. The first kappa shape index (κ1) is 20.3. The number of hydrogen-bond acceptors (Lipinski definition) is 5. The Morgan fingerprint density at radius 2 is 1.69 bits per heavy atom. The van der Waals surface area contributed by atoms with Crippen molar-refractivity contribution in [2.45, 2.75) is 0 Å². The molecule has 8 heteroatoms. The van der Waals surface area contributed by atoms with Crippen LogP contribution in [0.2, 0.25) is 0 Å². The fourth-order valence-corrected chi connectivity index (χ4v) is 3.16. The van der Waals surface area contributed by atoms with Gasteiger partial charge in [0.05, 0.1) is 11.3 Å². The molecular weight excluding hydrogens is 373 g/mol. The number of carbonyl (C=O) groups is 2. The van der Waals surface area contributed by atoms with Gasteiger partial charge in [-0.25, -0.2) is 4.39 Å². The second-order valence-corrected chi connectivity index (χ2v) is 6.67. The second-order valence-electron chi connectivity index (χ2n) is 6.67. The maximum absolute atomic E-state index is 13.0. The van der Waals surface area contributed by atoms with Crippen LogP contribution in [0.15, 0.2) is 48.5 Å². The summed E-state index contributed by atoms with van der Waals surface area (Å²) >= 11 is 0. The van der Waals surface area contributed by atoms with E-state index in [1.54, 1.807) is 36.4 Å². The molecular formula is C21H22FN5O2. The molecule has 7 nitrogen and oxygen atoms in total. The Bertz CT molecular complexity index is 902. The highest BCUT2D eigenvalue weighted by Crippen LogP contribution is 2.16. The van der Waals surface area contributed by atoms with E-state index in [9.17, 15) is 14.0 Å². The van der Waals surface area contributed by atoms with Gasteiger partial charge < -0.3 is 15.5 Å². The van der Waals surface area contributed by atoms with E-state index >= 15 is 0 Å². The molecule has 2 N–H and O–H groups in total. The van der Waals surface area contributed by atoms with Gasteiger partial charge in [0.2, 0.25) is 0 Å². The first-order valence-electron chi connectivity index (χ1n) is 9.38. The van der Waals surface area contributed by atoms with E-state index in [0.29, 0.717) is 24.3 Å². The Balaban J connectivity index is 1.39. The SMILES string of the molecule is N#Cc1ccccc1NC(=O)C(=O)NCCN1CCN(c2ccc(F)cc2)CC1. The molecule has 1 saturated heterocycles. The van der Waals surface area contributed by atoms with Gasteiger partial charge in [0.15, 0.2) is 0 Å². The summed E-state index contributed by atoms with van der Waals surface area (Å²) in [5, 5.41) is 14.1. The van der Waals surface area contributed by atoms with Crippen molar-refractivity contribution in [3.63, 3.8) is 0 Å². The van der Waals surface area contributed by atoms with Crippen molar-refractivity contribution in [1.29, 1.82) is 5.26 Å². The quantitative estimate of drug-likeness (QED) is 0.751. The summed E-state index contributed by atoms with van der Waals surface area (Å²) in [6.45, 7) is 4.23. The van der Waals surface area contributed by atoms with E-state index < -0.39 is 11.8 Å². The number of nitrogens with one attached hydrogen (secondary N) is 2. The summed E-state index contributed by atoms with van der Waals surface area (Å²) in [5.74, 6) is -1.78. The van der Waals surface area contributed by atoms with Crippen molar-refractivity contribution >= 4 is 23.2 Å². The van der Waals surface area contributed by atoms with Crippen LogP contribution in [-0.2, 0) is 9.59 Å². The number of nitriles is 1. The third-order valence-corrected chi connectivity index (χ3v) is 4.78. The second kappa shape index (κ2) is 9.66. The van der Waals surface area contributed by atoms with E-state index in [1.807, 2.05) is 6.07 Å². The van der Waals surface area contributed by atoms with Gasteiger partial charge in [-0.2, -0.15) is 5.26 Å². The highest BCUT2D eigenvalue weighted by molar-refractivity contribution is 6.39. The maximum atomic E-state index is 13.0. The summed E-state index contributed by atoms with van der Waals surface area (Å²) < 4.78 is 13.0. The Hall–Kier alpha value is -3.44. The van der Waals surface area contributed by atoms with Gasteiger partial charge in [-0.15, -0.1) is 0 Å². The molecule has 2 amide bonds. The topological polar surface area (TPSA) is 88.5 Å². The Kier molecular flexibility index (Phi) is 6.76. The molecule has 29 heavy (non-hydrogen) atoms. The van der Waals surface area contributed by atoms with Crippen LogP contribution < -0.4 is 15.5 Å². The van der Waals surface area contributed by atoms with Crippen molar-refractivity contribution in [2.75, 3.05) is 49.5 Å². The van der Waals surface area contributed by atoms with Gasteiger partial charge in [0.1, 0.15) is 11.9 Å². The minimum atomic E-state index is -0.797. The molecule has 0 bridgehead atoms. The highest BCUT2D eigenvalue weighted by atomic mass is 19.1. The lowest BCUT2D eigenvalue weighted by Gasteiger charge is -2.36. The number of benzene rings is 2. The molecule has 3 rings (SSSR count). The summed E-state index contributed by atoms with van der Waals surface area (Å²) in [5.41, 5.74) is 1.61. The van der Waals surface area contributed by atoms with E-state index in [4.69, 9.17) is 5.26 Å². The lowest BCUT2D eigenvalue weighted by atomic mass is 10.2. The van der Waals surface area contributed by atoms with Gasteiger partial charge in [-0.3, -0.25) is 14.5 Å². The average Bonchev–Trinajstić information content (AvgIpc) is 2.75. The van der Waals surface area contributed by atoms with Gasteiger partial charge in [-0.1, -0.05) is 12.1 Å². The predicted octanol–water partition coefficient (Wildman–Crippen LogP) is 1.57. The van der Waals surface area contributed by atoms with Gasteiger partial charge >= 0.3 is 11.8 Å². The number of anilines is 2. The molecule has 0 spiro atoms. The van der Waals surface area contributed by atoms with Crippen LogP contribution in [0.5, 0.6) is 0 Å². The zero-order chi connectivity index (χ0) is 20.6. The summed E-state index contributed by atoms with van der Waals surface area (Å²) in [4.78, 5) is 28.4. The zero-order valence-electron chi connectivity index (χ0n) is 15.9. The molecule has 1 aliphatic rings. The van der Waals surface area contributed by atoms with Crippen molar-refractivity contribution < 1.29 is 14.0 Å². The van der Waals surface area contributed by atoms with Crippen LogP contribution in [0.1, 0.15) is 5.56 Å². The number of halogens is 1. The van der Waals surface area contributed by atoms with Crippen molar-refractivity contribution in [3.05, 3.63) is 59.9 Å². The summed E-state index contributed by atoms with van der Waals surface area (Å²) in [7, 11) is 0. The van der Waals surface area contributed by atoms with Crippen molar-refractivity contribution in [2.24, 2.45) is 0 Å². The monoisotopic (exact) mass is 395 g/mol. The summed E-state index contributed by atoms with van der Waals surface area (Å²) in [6, 6.07) is 14.9. The molecule has 150 valence electrons. The first-order chi connectivity index (χ1) is 14.1. The van der Waals surface area contributed by atoms with E-state index in [1.165, 1.54) is 12.1 Å². The molecule has 0 aliphatic carbocycles. The largest absolute Gasteiger partial charge is 0.369 e. The minimum absolute atomic E-state index is 0.247. The Morgan fingerprint density at radius 3 is 2.38 bits per heavy atom. The minimum Gasteiger partial charge on any atom is -0.369 e. The lowest BCUT2D eigenvalue weighted by Crippen LogP contribution is -2.49. The smallest absolute Gasteiger partial charge is 0.313 e. The molecule has 2 aromatic carbocycles. The molecule has 0 saturated carbocycles. The highest BCUT2D eigenvalue weighted by Gasteiger charge is 2.18. The molecule has 1 heterocycles. The Labute approximate surface area is 168 Å². The Morgan fingerprint density at radius 1 is 1.00 bits per heavy atom. The van der Waals surface area contributed by atoms with E-state index in [0.717, 1.165) is 31.9 Å². The van der Waals surface area contributed by atoms with Crippen LogP contribution in [0.3, 0.4) is 0 Å². The molecule has 2 aromatic rings. The third kappa shape index (κ3) is 5.53. The van der Waals surface area contributed by atoms with Crippen LogP contribution >= 0.6 is 0 Å². The number of piperazine rings is 1. The van der Waals surface area contributed by atoms with Crippen LogP contribution in [-0.4, -0.2) is 56.0 Å². The van der Waals surface area contributed by atoms with E-state index in [-0.39, 0.29) is 5.82 Å². The van der Waals surface area contributed by atoms with Gasteiger partial charge in [0.25, 0.3) is 0 Å². The van der Waals surface area contributed by atoms with Crippen molar-refractivity contribution in [3.8, 4) is 6.07 Å². The summed E-state index contributed by atoms with van der Waals surface area (Å²) in [6.07, 6.45) is 0. The fourth-order valence-electron chi connectivity index (χ4n) is 3.16. The molecule has 0 unspecified atom stereocenters. The number of amides is 2. The van der Waals surface area contributed by atoms with Crippen molar-refractivity contribution in [1.82, 2.24) is 10.2 Å². The lowest BCUT2D eigenvalue weighted by molar-refractivity contribution is -0.136. The number of hydrogen-bond donors (Lipinski definition) is 2. The fraction of sp³-hybridized carbons (Fsp3) is 0.286. The zero-order valence-corrected chi connectivity index (χ0v) is 15.9. The average molecular weight is 395 g/mol. The molecule has 0 radical (unpaired) electrons. The standard InChI is InChI=1S/C21H22FN5O2/c22-17-5-7-18(8-6-17)27-13-11-26(12-14-27)10-9-24-20(28)21(29)25-19-4-2-1-3-16(19)15-23/h1-8H,9-14H2,(H,24,28)(H,25,29). The predicted molar refractivity (Wildman–Crippen MR) is 108 cm³/mol. The van der Waals surface area contributed by atoms with Crippen LogP contribution in [0.25, 0.3) is 0 Å². The molecule has 1 fully saturated rings. The van der Waals surface area contributed by atoms with E-state index in [2.05, 4.69) is 20.4 Å². The maximum Gasteiger partial charge on any atom is 0.313 e.